The highest BCUT2D eigenvalue weighted by Crippen LogP contribution is 2.40. The lowest BCUT2D eigenvalue weighted by Crippen LogP contribution is -2.68. The fourth-order valence-electron chi connectivity index (χ4n) is 2.40. The van der Waals surface area contributed by atoms with Crippen LogP contribution in [0.2, 0.25) is 0 Å². The molecule has 3 rings (SSSR count). The number of hydrogen-bond acceptors (Lipinski definition) is 7. The Kier molecular flexibility index (Phi) is 4.48. The van der Waals surface area contributed by atoms with E-state index in [4.69, 9.17) is 22.1 Å². The van der Waals surface area contributed by atoms with Crippen molar-refractivity contribution in [2.75, 3.05) is 5.75 Å². The molecule has 2 N–H and O–H groups in total. The number of rotatable bonds is 4. The standard InChI is InChI=1S/C14H12ClN3O5S/c15-9-6-24-13-10(16)12(19)17(13)11(9)14(20)23-5-7-1-3-8(4-2-7)18(21)22/h1-4,10,13H,5-6,16H2. The Morgan fingerprint density at radius 2 is 2.12 bits per heavy atom. The molecule has 1 aromatic carbocycles. The SMILES string of the molecule is NC1C(=O)N2C(C(=O)OCc3ccc([N+](=O)[O-])cc3)=C(Cl)CSC12. The Balaban J connectivity index is 1.68. The molecule has 1 amide bonds. The first-order chi connectivity index (χ1) is 11.4. The Morgan fingerprint density at radius 1 is 1.46 bits per heavy atom. The monoisotopic (exact) mass is 369 g/mol. The van der Waals surface area contributed by atoms with Gasteiger partial charge in [-0.1, -0.05) is 11.6 Å². The van der Waals surface area contributed by atoms with Crippen molar-refractivity contribution in [2.45, 2.75) is 18.0 Å². The van der Waals surface area contributed by atoms with Crippen LogP contribution in [0.15, 0.2) is 35.0 Å². The van der Waals surface area contributed by atoms with Crippen LogP contribution in [0.5, 0.6) is 0 Å². The Bertz CT molecular complexity index is 751. The highest BCUT2D eigenvalue weighted by molar-refractivity contribution is 8.00. The second kappa shape index (κ2) is 6.42. The number of carbonyl (C=O) groups excluding carboxylic acids is 2. The average Bonchev–Trinajstić information content (AvgIpc) is 2.59. The largest absolute Gasteiger partial charge is 0.456 e. The molecular formula is C14H12ClN3O5S. The molecule has 2 unspecified atom stereocenters. The van der Waals surface area contributed by atoms with Crippen molar-refractivity contribution in [3.63, 3.8) is 0 Å². The van der Waals surface area contributed by atoms with Crippen LogP contribution in [0.3, 0.4) is 0 Å². The molecular weight excluding hydrogens is 358 g/mol. The van der Waals surface area contributed by atoms with Gasteiger partial charge in [0.15, 0.2) is 0 Å². The van der Waals surface area contributed by atoms with Crippen LogP contribution >= 0.6 is 23.4 Å². The summed E-state index contributed by atoms with van der Waals surface area (Å²) in [7, 11) is 0. The van der Waals surface area contributed by atoms with Crippen LogP contribution in [0.25, 0.3) is 0 Å². The summed E-state index contributed by atoms with van der Waals surface area (Å²) >= 11 is 7.46. The zero-order valence-electron chi connectivity index (χ0n) is 12.2. The van der Waals surface area contributed by atoms with E-state index in [0.717, 1.165) is 0 Å². The predicted molar refractivity (Wildman–Crippen MR) is 86.8 cm³/mol. The second-order valence-corrected chi connectivity index (χ2v) is 6.75. The molecule has 2 aliphatic heterocycles. The zero-order valence-corrected chi connectivity index (χ0v) is 13.7. The molecule has 8 nitrogen and oxygen atoms in total. The van der Waals surface area contributed by atoms with E-state index in [1.165, 1.54) is 40.9 Å². The number of thioether (sulfide) groups is 1. The molecule has 1 fully saturated rings. The normalized spacial score (nSPS) is 22.8. The third kappa shape index (κ3) is 2.85. The molecule has 0 aromatic heterocycles. The number of halogens is 1. The molecule has 24 heavy (non-hydrogen) atoms. The number of carbonyl (C=O) groups is 2. The fraction of sp³-hybridized carbons (Fsp3) is 0.286. The number of non-ortho nitro benzene ring substituents is 1. The van der Waals surface area contributed by atoms with Crippen LogP contribution in [0, 0.1) is 10.1 Å². The van der Waals surface area contributed by atoms with Crippen LogP contribution in [0.4, 0.5) is 5.69 Å². The lowest BCUT2D eigenvalue weighted by atomic mass is 10.1. The first-order valence-electron chi connectivity index (χ1n) is 6.89. The van der Waals surface area contributed by atoms with Gasteiger partial charge in [0.25, 0.3) is 5.69 Å². The van der Waals surface area contributed by atoms with Crippen molar-refractivity contribution in [3.8, 4) is 0 Å². The van der Waals surface area contributed by atoms with Crippen molar-refractivity contribution in [1.29, 1.82) is 0 Å². The lowest BCUT2D eigenvalue weighted by Gasteiger charge is -2.47. The summed E-state index contributed by atoms with van der Waals surface area (Å²) in [6, 6.07) is 4.98. The lowest BCUT2D eigenvalue weighted by molar-refractivity contribution is -0.384. The van der Waals surface area contributed by atoms with Gasteiger partial charge < -0.3 is 10.5 Å². The maximum absolute atomic E-state index is 12.3. The summed E-state index contributed by atoms with van der Waals surface area (Å²) in [6.45, 7) is -0.0869. The van der Waals surface area contributed by atoms with E-state index in [2.05, 4.69) is 0 Å². The van der Waals surface area contributed by atoms with Crippen molar-refractivity contribution in [2.24, 2.45) is 5.73 Å². The molecule has 1 saturated heterocycles. The fourth-order valence-corrected chi connectivity index (χ4v) is 3.89. The maximum Gasteiger partial charge on any atom is 0.356 e. The van der Waals surface area contributed by atoms with Gasteiger partial charge >= 0.3 is 5.97 Å². The smallest absolute Gasteiger partial charge is 0.356 e. The summed E-state index contributed by atoms with van der Waals surface area (Å²) in [6.07, 6.45) is 0. The van der Waals surface area contributed by atoms with Crippen LogP contribution in [-0.2, 0) is 20.9 Å². The Hall–Kier alpha value is -2.10. The molecule has 0 radical (unpaired) electrons. The number of esters is 1. The molecule has 126 valence electrons. The van der Waals surface area contributed by atoms with E-state index in [0.29, 0.717) is 11.3 Å². The molecule has 2 heterocycles. The maximum atomic E-state index is 12.3. The van der Waals surface area contributed by atoms with E-state index >= 15 is 0 Å². The van der Waals surface area contributed by atoms with Crippen LogP contribution in [0.1, 0.15) is 5.56 Å². The first kappa shape index (κ1) is 16.7. The van der Waals surface area contributed by atoms with E-state index < -0.39 is 16.9 Å². The highest BCUT2D eigenvalue weighted by atomic mass is 35.5. The Morgan fingerprint density at radius 3 is 2.75 bits per heavy atom. The third-order valence-corrected chi connectivity index (χ3v) is 5.45. The number of β-lactam (4-membered cyclic amide) rings is 1. The number of benzene rings is 1. The molecule has 0 bridgehead atoms. The topological polar surface area (TPSA) is 116 Å². The molecule has 2 aliphatic rings. The second-order valence-electron chi connectivity index (χ2n) is 5.19. The molecule has 1 aromatic rings. The van der Waals surface area contributed by atoms with Gasteiger partial charge in [-0.25, -0.2) is 4.79 Å². The molecule has 10 heteroatoms. The van der Waals surface area contributed by atoms with Crippen molar-refractivity contribution in [3.05, 3.63) is 50.7 Å². The number of nitro groups is 1. The highest BCUT2D eigenvalue weighted by Gasteiger charge is 2.52. The van der Waals surface area contributed by atoms with E-state index in [9.17, 15) is 19.7 Å². The quantitative estimate of drug-likeness (QED) is 0.368. The minimum absolute atomic E-state index is 0.0222. The van der Waals surface area contributed by atoms with Gasteiger partial charge in [0.05, 0.1) is 9.96 Å². The van der Waals surface area contributed by atoms with E-state index in [-0.39, 0.29) is 34.3 Å². The van der Waals surface area contributed by atoms with Gasteiger partial charge in [0.2, 0.25) is 5.91 Å². The first-order valence-corrected chi connectivity index (χ1v) is 8.32. The summed E-state index contributed by atoms with van der Waals surface area (Å²) in [5.74, 6) is -0.706. The summed E-state index contributed by atoms with van der Waals surface area (Å²) in [4.78, 5) is 35.5. The number of amides is 1. The van der Waals surface area contributed by atoms with E-state index in [1.807, 2.05) is 0 Å². The molecule has 2 atom stereocenters. The Labute approximate surface area is 145 Å². The third-order valence-electron chi connectivity index (χ3n) is 3.67. The number of hydrogen-bond donors (Lipinski definition) is 1. The summed E-state index contributed by atoms with van der Waals surface area (Å²) < 4.78 is 5.18. The number of nitrogens with zero attached hydrogens (tertiary/aromatic N) is 2. The number of ether oxygens (including phenoxy) is 1. The minimum Gasteiger partial charge on any atom is -0.456 e. The van der Waals surface area contributed by atoms with Crippen LogP contribution < -0.4 is 5.73 Å². The summed E-state index contributed by atoms with van der Waals surface area (Å²) in [5, 5.41) is 10.5. The predicted octanol–water partition coefficient (Wildman–Crippen LogP) is 1.33. The van der Waals surface area contributed by atoms with Crippen molar-refractivity contribution < 1.29 is 19.2 Å². The van der Waals surface area contributed by atoms with Crippen LogP contribution in [-0.4, -0.2) is 38.9 Å². The average molecular weight is 370 g/mol. The van der Waals surface area contributed by atoms with Gasteiger partial charge in [0.1, 0.15) is 23.7 Å². The van der Waals surface area contributed by atoms with Gasteiger partial charge in [-0.05, 0) is 17.7 Å². The van der Waals surface area contributed by atoms with Gasteiger partial charge in [-0.15, -0.1) is 11.8 Å². The number of nitrogens with two attached hydrogens (primary N) is 1. The summed E-state index contributed by atoms with van der Waals surface area (Å²) in [5.41, 5.74) is 6.26. The van der Waals surface area contributed by atoms with Crippen molar-refractivity contribution >= 4 is 40.9 Å². The molecule has 0 spiro atoms. The molecule has 0 saturated carbocycles. The van der Waals surface area contributed by atoms with Crippen molar-refractivity contribution in [1.82, 2.24) is 4.90 Å². The van der Waals surface area contributed by atoms with Gasteiger partial charge in [-0.3, -0.25) is 19.8 Å². The number of fused-ring (bicyclic) bond motifs is 1. The van der Waals surface area contributed by atoms with E-state index in [1.54, 1.807) is 0 Å². The number of nitro benzene ring substituents is 1. The van der Waals surface area contributed by atoms with Gasteiger partial charge in [0, 0.05) is 17.9 Å². The zero-order chi connectivity index (χ0) is 17.4. The molecule has 0 aliphatic carbocycles. The van der Waals surface area contributed by atoms with Gasteiger partial charge in [-0.2, -0.15) is 0 Å². The minimum atomic E-state index is -0.719.